The second kappa shape index (κ2) is 5.58. The molecule has 0 aliphatic rings. The summed E-state index contributed by atoms with van der Waals surface area (Å²) in [5.74, 6) is -0.413. The predicted molar refractivity (Wildman–Crippen MR) is 80.9 cm³/mol. The van der Waals surface area contributed by atoms with Gasteiger partial charge in [0.15, 0.2) is 0 Å². The zero-order valence-corrected chi connectivity index (χ0v) is 12.6. The number of anilines is 1. The third-order valence-electron chi connectivity index (χ3n) is 2.75. The number of primary amides is 1. The van der Waals surface area contributed by atoms with E-state index in [0.29, 0.717) is 12.1 Å². The minimum absolute atomic E-state index is 0.0146. The molecule has 0 bridgehead atoms. The van der Waals surface area contributed by atoms with Crippen LogP contribution in [0.5, 0.6) is 0 Å². The molecule has 3 N–H and O–H groups in total. The van der Waals surface area contributed by atoms with Crippen molar-refractivity contribution in [2.45, 2.75) is 32.7 Å². The van der Waals surface area contributed by atoms with Crippen LogP contribution in [-0.2, 0) is 12.0 Å². The molecule has 1 amide bonds. The van der Waals surface area contributed by atoms with Crippen molar-refractivity contribution in [3.05, 3.63) is 40.4 Å². The first-order valence-corrected chi connectivity index (χ1v) is 7.14. The zero-order valence-electron chi connectivity index (χ0n) is 11.8. The highest BCUT2D eigenvalue weighted by Gasteiger charge is 2.19. The molecule has 0 radical (unpaired) electrons. The standard InChI is InChI=1S/C14H18N4OS/c1-14(2,3)12-17-18-13(20-12)16-8-9-4-6-10(7-5-9)11(15)19/h4-7H,8H2,1-3H3,(H2,15,19)(H,16,18). The fraction of sp³-hybridized carbons (Fsp3) is 0.357. The van der Waals surface area contributed by atoms with Crippen LogP contribution < -0.4 is 11.1 Å². The molecule has 6 heteroatoms. The fourth-order valence-corrected chi connectivity index (χ4v) is 2.36. The molecule has 106 valence electrons. The number of nitrogens with zero attached hydrogens (tertiary/aromatic N) is 2. The molecule has 1 aromatic heterocycles. The number of amides is 1. The van der Waals surface area contributed by atoms with E-state index in [4.69, 9.17) is 5.73 Å². The smallest absolute Gasteiger partial charge is 0.248 e. The largest absolute Gasteiger partial charge is 0.366 e. The first-order valence-electron chi connectivity index (χ1n) is 6.33. The number of hydrogen-bond acceptors (Lipinski definition) is 5. The van der Waals surface area contributed by atoms with Crippen LogP contribution in [0.4, 0.5) is 5.13 Å². The molecule has 2 aromatic rings. The third kappa shape index (κ3) is 3.54. The second-order valence-corrected chi connectivity index (χ2v) is 6.55. The molecule has 2 rings (SSSR count). The van der Waals surface area contributed by atoms with E-state index in [0.717, 1.165) is 15.7 Å². The van der Waals surface area contributed by atoms with Crippen LogP contribution >= 0.6 is 11.3 Å². The Morgan fingerprint density at radius 1 is 1.25 bits per heavy atom. The van der Waals surface area contributed by atoms with Crippen molar-refractivity contribution in [2.24, 2.45) is 5.73 Å². The third-order valence-corrected chi connectivity index (χ3v) is 4.06. The summed E-state index contributed by atoms with van der Waals surface area (Å²) >= 11 is 1.56. The van der Waals surface area contributed by atoms with Gasteiger partial charge < -0.3 is 11.1 Å². The van der Waals surface area contributed by atoms with Crippen LogP contribution in [-0.4, -0.2) is 16.1 Å². The van der Waals surface area contributed by atoms with Crippen molar-refractivity contribution >= 4 is 22.4 Å². The zero-order chi connectivity index (χ0) is 14.8. The normalized spacial score (nSPS) is 11.3. The molecule has 1 aromatic carbocycles. The van der Waals surface area contributed by atoms with E-state index in [9.17, 15) is 4.79 Å². The van der Waals surface area contributed by atoms with Crippen LogP contribution in [0.1, 0.15) is 41.7 Å². The van der Waals surface area contributed by atoms with Gasteiger partial charge in [0.25, 0.3) is 0 Å². The SMILES string of the molecule is CC(C)(C)c1nnc(NCc2ccc(C(N)=O)cc2)s1. The van der Waals surface area contributed by atoms with Gasteiger partial charge in [-0.1, -0.05) is 44.2 Å². The van der Waals surface area contributed by atoms with Crippen molar-refractivity contribution in [1.82, 2.24) is 10.2 Å². The summed E-state index contributed by atoms with van der Waals surface area (Å²) in [5.41, 5.74) is 6.79. The van der Waals surface area contributed by atoms with E-state index < -0.39 is 5.91 Å². The molecule has 0 aliphatic carbocycles. The summed E-state index contributed by atoms with van der Waals surface area (Å²) in [6, 6.07) is 7.19. The van der Waals surface area contributed by atoms with Crippen LogP contribution in [0.15, 0.2) is 24.3 Å². The lowest BCUT2D eigenvalue weighted by atomic mass is 9.98. The summed E-state index contributed by atoms with van der Waals surface area (Å²) in [4.78, 5) is 11.0. The molecule has 0 atom stereocenters. The Labute approximate surface area is 122 Å². The molecule has 0 saturated carbocycles. The number of rotatable bonds is 4. The quantitative estimate of drug-likeness (QED) is 0.906. The molecule has 20 heavy (non-hydrogen) atoms. The van der Waals surface area contributed by atoms with Gasteiger partial charge in [-0.3, -0.25) is 4.79 Å². The average Bonchev–Trinajstić information content (AvgIpc) is 2.85. The summed E-state index contributed by atoms with van der Waals surface area (Å²) < 4.78 is 0. The molecule has 0 saturated heterocycles. The number of nitrogens with two attached hydrogens (primary N) is 1. The monoisotopic (exact) mass is 290 g/mol. The van der Waals surface area contributed by atoms with Gasteiger partial charge in [0.05, 0.1) is 0 Å². The summed E-state index contributed by atoms with van der Waals surface area (Å²) in [7, 11) is 0. The van der Waals surface area contributed by atoms with Gasteiger partial charge in [0.2, 0.25) is 11.0 Å². The first kappa shape index (κ1) is 14.5. The molecule has 5 nitrogen and oxygen atoms in total. The van der Waals surface area contributed by atoms with Gasteiger partial charge in [-0.15, -0.1) is 10.2 Å². The van der Waals surface area contributed by atoms with Gasteiger partial charge >= 0.3 is 0 Å². The van der Waals surface area contributed by atoms with Crippen LogP contribution in [0, 0.1) is 0 Å². The lowest BCUT2D eigenvalue weighted by Gasteiger charge is -2.12. The maximum absolute atomic E-state index is 11.0. The number of nitrogens with one attached hydrogen (secondary N) is 1. The molecule has 0 fully saturated rings. The Hall–Kier alpha value is -1.95. The summed E-state index contributed by atoms with van der Waals surface area (Å²) in [5, 5.41) is 13.3. The van der Waals surface area contributed by atoms with Gasteiger partial charge in [0.1, 0.15) is 5.01 Å². The van der Waals surface area contributed by atoms with E-state index in [1.807, 2.05) is 12.1 Å². The average molecular weight is 290 g/mol. The van der Waals surface area contributed by atoms with E-state index in [1.165, 1.54) is 0 Å². The maximum Gasteiger partial charge on any atom is 0.248 e. The van der Waals surface area contributed by atoms with Crippen molar-refractivity contribution in [1.29, 1.82) is 0 Å². The molecule has 0 aliphatic heterocycles. The number of benzene rings is 1. The minimum atomic E-state index is -0.413. The van der Waals surface area contributed by atoms with Crippen molar-refractivity contribution in [3.63, 3.8) is 0 Å². The number of hydrogen-bond donors (Lipinski definition) is 2. The van der Waals surface area contributed by atoms with Crippen LogP contribution in [0.2, 0.25) is 0 Å². The highest BCUT2D eigenvalue weighted by molar-refractivity contribution is 7.15. The van der Waals surface area contributed by atoms with E-state index in [-0.39, 0.29) is 5.41 Å². The highest BCUT2D eigenvalue weighted by Crippen LogP contribution is 2.27. The fourth-order valence-electron chi connectivity index (χ4n) is 1.56. The van der Waals surface area contributed by atoms with Crippen LogP contribution in [0.3, 0.4) is 0 Å². The summed E-state index contributed by atoms with van der Waals surface area (Å²) in [6.45, 7) is 6.97. The number of carbonyl (C=O) groups excluding carboxylic acids is 1. The number of aromatic nitrogens is 2. The Bertz CT molecular complexity index is 598. The number of carbonyl (C=O) groups is 1. The van der Waals surface area contributed by atoms with Gasteiger partial charge in [-0.25, -0.2) is 0 Å². The molecular weight excluding hydrogens is 272 g/mol. The molecule has 0 spiro atoms. The lowest BCUT2D eigenvalue weighted by Crippen LogP contribution is -2.10. The van der Waals surface area contributed by atoms with Gasteiger partial charge in [-0.05, 0) is 17.7 Å². The van der Waals surface area contributed by atoms with Crippen molar-refractivity contribution < 1.29 is 4.79 Å². The van der Waals surface area contributed by atoms with E-state index >= 15 is 0 Å². The second-order valence-electron chi connectivity index (χ2n) is 5.58. The maximum atomic E-state index is 11.0. The highest BCUT2D eigenvalue weighted by atomic mass is 32.1. The first-order chi connectivity index (χ1) is 9.36. The molecular formula is C14H18N4OS. The molecule has 1 heterocycles. The Morgan fingerprint density at radius 3 is 2.40 bits per heavy atom. The van der Waals surface area contributed by atoms with E-state index in [2.05, 4.69) is 36.3 Å². The Kier molecular flexibility index (Phi) is 4.04. The van der Waals surface area contributed by atoms with Crippen LogP contribution in [0.25, 0.3) is 0 Å². The van der Waals surface area contributed by atoms with Crippen molar-refractivity contribution in [2.75, 3.05) is 5.32 Å². The lowest BCUT2D eigenvalue weighted by molar-refractivity contribution is 0.100. The van der Waals surface area contributed by atoms with Gasteiger partial charge in [0, 0.05) is 17.5 Å². The Balaban J connectivity index is 1.98. The molecule has 0 unspecified atom stereocenters. The minimum Gasteiger partial charge on any atom is -0.366 e. The summed E-state index contributed by atoms with van der Waals surface area (Å²) in [6.07, 6.45) is 0. The van der Waals surface area contributed by atoms with Gasteiger partial charge in [-0.2, -0.15) is 0 Å². The predicted octanol–water partition coefficient (Wildman–Crippen LogP) is 2.55. The van der Waals surface area contributed by atoms with E-state index in [1.54, 1.807) is 23.5 Å². The topological polar surface area (TPSA) is 80.9 Å². The Morgan fingerprint density at radius 2 is 1.90 bits per heavy atom. The van der Waals surface area contributed by atoms with Crippen molar-refractivity contribution in [3.8, 4) is 0 Å².